The molecule has 0 atom stereocenters. The number of rotatable bonds is 2. The van der Waals surface area contributed by atoms with Crippen molar-refractivity contribution in [1.82, 2.24) is 4.98 Å². The van der Waals surface area contributed by atoms with E-state index in [-0.39, 0.29) is 0 Å². The van der Waals surface area contributed by atoms with E-state index in [1.54, 1.807) is 12.3 Å². The van der Waals surface area contributed by atoms with Crippen molar-refractivity contribution in [3.63, 3.8) is 0 Å². The van der Waals surface area contributed by atoms with Gasteiger partial charge >= 0.3 is 0 Å². The number of hydrogen-bond acceptors (Lipinski definition) is 3. The maximum atomic E-state index is 5.75. The molecule has 0 saturated carbocycles. The summed E-state index contributed by atoms with van der Waals surface area (Å²) in [5, 5.41) is 0. The van der Waals surface area contributed by atoms with Crippen molar-refractivity contribution in [1.29, 1.82) is 0 Å². The number of nitrogens with two attached hydrogens (primary N) is 1. The van der Waals surface area contributed by atoms with E-state index in [1.165, 1.54) is 0 Å². The lowest BCUT2D eigenvalue weighted by molar-refractivity contribution is 0.459. The molecule has 0 spiro atoms. The van der Waals surface area contributed by atoms with Crippen molar-refractivity contribution in [2.45, 2.75) is 13.8 Å². The van der Waals surface area contributed by atoms with Gasteiger partial charge in [0, 0.05) is 4.47 Å². The van der Waals surface area contributed by atoms with Crippen LogP contribution < -0.4 is 10.5 Å². The largest absolute Gasteiger partial charge is 0.438 e. The van der Waals surface area contributed by atoms with Gasteiger partial charge in [-0.1, -0.05) is 15.9 Å². The van der Waals surface area contributed by atoms with Gasteiger partial charge in [-0.2, -0.15) is 0 Å². The van der Waals surface area contributed by atoms with Gasteiger partial charge in [-0.15, -0.1) is 0 Å². The number of benzene rings is 1. The van der Waals surface area contributed by atoms with Gasteiger partial charge in [0.2, 0.25) is 5.88 Å². The first-order valence-electron chi connectivity index (χ1n) is 5.33. The molecule has 94 valence electrons. The van der Waals surface area contributed by atoms with E-state index in [2.05, 4.69) is 36.8 Å². The Morgan fingerprint density at radius 2 is 1.72 bits per heavy atom. The van der Waals surface area contributed by atoms with Crippen molar-refractivity contribution in [2.75, 3.05) is 5.73 Å². The third-order valence-electron chi connectivity index (χ3n) is 2.45. The number of anilines is 1. The summed E-state index contributed by atoms with van der Waals surface area (Å²) in [7, 11) is 0. The number of hydrogen-bond donors (Lipinski definition) is 1. The Balaban J connectivity index is 2.34. The molecule has 3 nitrogen and oxygen atoms in total. The summed E-state index contributed by atoms with van der Waals surface area (Å²) in [5.41, 5.74) is 8.47. The number of nitrogens with zero attached hydrogens (tertiary/aromatic N) is 1. The van der Waals surface area contributed by atoms with Gasteiger partial charge < -0.3 is 10.5 Å². The summed E-state index contributed by atoms with van der Waals surface area (Å²) in [4.78, 5) is 4.15. The SMILES string of the molecule is Cc1cc(Oc2ncc(N)cc2Br)cc(C)c1Br. The van der Waals surface area contributed by atoms with E-state index in [0.717, 1.165) is 25.8 Å². The molecular weight excluding hydrogens is 360 g/mol. The molecule has 0 fully saturated rings. The highest BCUT2D eigenvalue weighted by Crippen LogP contribution is 2.32. The van der Waals surface area contributed by atoms with Gasteiger partial charge in [-0.05, 0) is 59.1 Å². The number of aryl methyl sites for hydroxylation is 2. The van der Waals surface area contributed by atoms with E-state index < -0.39 is 0 Å². The highest BCUT2D eigenvalue weighted by atomic mass is 79.9. The Kier molecular flexibility index (Phi) is 3.92. The molecule has 0 bridgehead atoms. The van der Waals surface area contributed by atoms with Crippen LogP contribution in [0, 0.1) is 13.8 Å². The van der Waals surface area contributed by atoms with E-state index in [9.17, 15) is 0 Å². The summed E-state index contributed by atoms with van der Waals surface area (Å²) in [6.45, 7) is 4.05. The Morgan fingerprint density at radius 1 is 1.11 bits per heavy atom. The quantitative estimate of drug-likeness (QED) is 0.839. The molecule has 18 heavy (non-hydrogen) atoms. The van der Waals surface area contributed by atoms with E-state index in [4.69, 9.17) is 10.5 Å². The lowest BCUT2D eigenvalue weighted by atomic mass is 10.1. The fourth-order valence-corrected chi connectivity index (χ4v) is 2.27. The van der Waals surface area contributed by atoms with E-state index in [0.29, 0.717) is 11.6 Å². The van der Waals surface area contributed by atoms with Crippen molar-refractivity contribution in [3.05, 3.63) is 44.5 Å². The van der Waals surface area contributed by atoms with Gasteiger partial charge in [-0.3, -0.25) is 0 Å². The minimum absolute atomic E-state index is 0.505. The minimum Gasteiger partial charge on any atom is -0.438 e. The maximum absolute atomic E-state index is 5.75. The van der Waals surface area contributed by atoms with E-state index in [1.807, 2.05) is 26.0 Å². The zero-order valence-corrected chi connectivity index (χ0v) is 13.2. The summed E-state index contributed by atoms with van der Waals surface area (Å²) in [5.74, 6) is 1.26. The van der Waals surface area contributed by atoms with Crippen LogP contribution in [0.2, 0.25) is 0 Å². The molecule has 0 aliphatic carbocycles. The standard InChI is InChI=1S/C13H12Br2N2O/c1-7-3-10(4-8(2)12(7)15)18-13-11(14)5-9(16)6-17-13/h3-6H,16H2,1-2H3. The van der Waals surface area contributed by atoms with Crippen LogP contribution in [0.5, 0.6) is 11.6 Å². The van der Waals surface area contributed by atoms with Crippen molar-refractivity contribution in [2.24, 2.45) is 0 Å². The molecule has 0 aliphatic heterocycles. The molecule has 2 N–H and O–H groups in total. The Labute approximate surface area is 123 Å². The fraction of sp³-hybridized carbons (Fsp3) is 0.154. The molecule has 0 amide bonds. The lowest BCUT2D eigenvalue weighted by Crippen LogP contribution is -1.93. The lowest BCUT2D eigenvalue weighted by Gasteiger charge is -2.10. The van der Waals surface area contributed by atoms with Gasteiger partial charge in [0.25, 0.3) is 0 Å². The van der Waals surface area contributed by atoms with Crippen LogP contribution in [-0.4, -0.2) is 4.98 Å². The van der Waals surface area contributed by atoms with Gasteiger partial charge in [-0.25, -0.2) is 4.98 Å². The van der Waals surface area contributed by atoms with Gasteiger partial charge in [0.1, 0.15) is 5.75 Å². The first-order valence-corrected chi connectivity index (χ1v) is 6.91. The molecule has 1 aromatic heterocycles. The predicted octanol–water partition coefficient (Wildman–Crippen LogP) is 4.60. The van der Waals surface area contributed by atoms with Crippen LogP contribution in [0.1, 0.15) is 11.1 Å². The Hall–Kier alpha value is -1.07. The van der Waals surface area contributed by atoms with Crippen LogP contribution in [0.25, 0.3) is 0 Å². The summed E-state index contributed by atoms with van der Waals surface area (Å²) < 4.78 is 7.58. The molecule has 2 rings (SSSR count). The van der Waals surface area contributed by atoms with Crippen LogP contribution >= 0.6 is 31.9 Å². The number of pyridine rings is 1. The first-order chi connectivity index (χ1) is 8.47. The average Bonchev–Trinajstić information content (AvgIpc) is 2.29. The third-order valence-corrected chi connectivity index (χ3v) is 4.27. The van der Waals surface area contributed by atoms with Crippen molar-refractivity contribution >= 4 is 37.5 Å². The van der Waals surface area contributed by atoms with Crippen LogP contribution in [0.3, 0.4) is 0 Å². The fourth-order valence-electron chi connectivity index (χ4n) is 1.59. The number of nitrogen functional groups attached to an aromatic ring is 1. The normalized spacial score (nSPS) is 10.4. The van der Waals surface area contributed by atoms with Gasteiger partial charge in [0.05, 0.1) is 16.4 Å². The van der Waals surface area contributed by atoms with Gasteiger partial charge in [0.15, 0.2) is 0 Å². The van der Waals surface area contributed by atoms with Crippen LogP contribution in [0.4, 0.5) is 5.69 Å². The molecule has 1 heterocycles. The number of halogens is 2. The second kappa shape index (κ2) is 5.28. The van der Waals surface area contributed by atoms with Crippen LogP contribution in [0.15, 0.2) is 33.3 Å². The average molecular weight is 372 g/mol. The monoisotopic (exact) mass is 370 g/mol. The molecular formula is C13H12Br2N2O. The smallest absolute Gasteiger partial charge is 0.233 e. The molecule has 5 heteroatoms. The predicted molar refractivity (Wildman–Crippen MR) is 80.0 cm³/mol. The highest BCUT2D eigenvalue weighted by Gasteiger charge is 2.08. The topological polar surface area (TPSA) is 48.1 Å². The zero-order valence-electron chi connectivity index (χ0n) is 10.00. The molecule has 1 aromatic carbocycles. The van der Waals surface area contributed by atoms with E-state index >= 15 is 0 Å². The molecule has 0 aliphatic rings. The number of aromatic nitrogens is 1. The Morgan fingerprint density at radius 3 is 2.28 bits per heavy atom. The summed E-state index contributed by atoms with van der Waals surface area (Å²) in [6, 6.07) is 5.68. The molecule has 0 unspecified atom stereocenters. The molecule has 0 radical (unpaired) electrons. The second-order valence-electron chi connectivity index (χ2n) is 4.03. The van der Waals surface area contributed by atoms with Crippen molar-refractivity contribution in [3.8, 4) is 11.6 Å². The maximum Gasteiger partial charge on any atom is 0.233 e. The second-order valence-corrected chi connectivity index (χ2v) is 5.68. The highest BCUT2D eigenvalue weighted by molar-refractivity contribution is 9.10. The zero-order chi connectivity index (χ0) is 13.3. The first kappa shape index (κ1) is 13.4. The Bertz CT molecular complexity index is 577. The molecule has 2 aromatic rings. The van der Waals surface area contributed by atoms with Crippen molar-refractivity contribution < 1.29 is 4.74 Å². The minimum atomic E-state index is 0.505. The number of ether oxygens (including phenoxy) is 1. The third kappa shape index (κ3) is 2.84. The van der Waals surface area contributed by atoms with Crippen LogP contribution in [-0.2, 0) is 0 Å². The molecule has 0 saturated heterocycles. The summed E-state index contributed by atoms with van der Waals surface area (Å²) >= 11 is 6.91. The summed E-state index contributed by atoms with van der Waals surface area (Å²) in [6.07, 6.45) is 1.57.